The average Bonchev–Trinajstić information content (AvgIpc) is 2.83. The maximum Gasteiger partial charge on any atom is 0.338 e. The summed E-state index contributed by atoms with van der Waals surface area (Å²) in [6.45, 7) is 13.0. The van der Waals surface area contributed by atoms with E-state index in [1.807, 2.05) is 37.3 Å². The molecule has 3 rings (SSSR count). The van der Waals surface area contributed by atoms with Gasteiger partial charge >= 0.3 is 11.9 Å². The summed E-state index contributed by atoms with van der Waals surface area (Å²) >= 11 is 0. The zero-order valence-electron chi connectivity index (χ0n) is 20.0. The van der Waals surface area contributed by atoms with Crippen LogP contribution in [0.25, 0.3) is 22.3 Å². The highest BCUT2D eigenvalue weighted by molar-refractivity contribution is 5.89. The number of benzene rings is 3. The third-order valence-corrected chi connectivity index (χ3v) is 5.10. The van der Waals surface area contributed by atoms with Gasteiger partial charge in [0, 0.05) is 29.4 Å². The van der Waals surface area contributed by atoms with Crippen molar-refractivity contribution in [3.63, 3.8) is 0 Å². The fourth-order valence-corrected chi connectivity index (χ4v) is 3.26. The standard InChI is InChI=1S/C29H27FO5/c1-6-33-17-22-15-21(26-14-12-24(16-27(26)30)35-29(32)19(4)5)9-13-25(22)20-7-10-23(11-8-20)34-28(31)18(2)3/h7-16H,2,4,6,17H2,1,3,5H3. The minimum Gasteiger partial charge on any atom is -0.423 e. The van der Waals surface area contributed by atoms with E-state index in [0.717, 1.165) is 16.7 Å². The molecular formula is C29H27FO5. The number of ether oxygens (including phenoxy) is 3. The van der Waals surface area contributed by atoms with Crippen molar-refractivity contribution in [3.8, 4) is 33.8 Å². The topological polar surface area (TPSA) is 61.8 Å². The lowest BCUT2D eigenvalue weighted by Gasteiger charge is -2.14. The van der Waals surface area contributed by atoms with Crippen molar-refractivity contribution in [2.45, 2.75) is 27.4 Å². The van der Waals surface area contributed by atoms with E-state index in [1.165, 1.54) is 13.0 Å². The Balaban J connectivity index is 1.91. The van der Waals surface area contributed by atoms with Gasteiger partial charge in [-0.2, -0.15) is 0 Å². The first-order chi connectivity index (χ1) is 16.7. The highest BCUT2D eigenvalue weighted by Crippen LogP contribution is 2.33. The van der Waals surface area contributed by atoms with Crippen molar-refractivity contribution < 1.29 is 28.2 Å². The first-order valence-corrected chi connectivity index (χ1v) is 11.1. The molecule has 180 valence electrons. The summed E-state index contributed by atoms with van der Waals surface area (Å²) in [5, 5.41) is 0. The molecule has 0 radical (unpaired) electrons. The number of carbonyl (C=O) groups excluding carboxylic acids is 2. The molecule has 0 spiro atoms. The van der Waals surface area contributed by atoms with Gasteiger partial charge < -0.3 is 14.2 Å². The van der Waals surface area contributed by atoms with Crippen LogP contribution in [0.1, 0.15) is 26.3 Å². The lowest BCUT2D eigenvalue weighted by Crippen LogP contribution is -2.08. The van der Waals surface area contributed by atoms with Gasteiger partial charge in [-0.3, -0.25) is 0 Å². The van der Waals surface area contributed by atoms with Crippen LogP contribution in [0.5, 0.6) is 11.5 Å². The van der Waals surface area contributed by atoms with Gasteiger partial charge in [-0.1, -0.05) is 37.4 Å². The molecule has 6 heteroatoms. The number of hydrogen-bond acceptors (Lipinski definition) is 5. The molecule has 0 saturated heterocycles. The van der Waals surface area contributed by atoms with Crippen LogP contribution in [0.3, 0.4) is 0 Å². The Bertz CT molecular complexity index is 1270. The third-order valence-electron chi connectivity index (χ3n) is 5.10. The van der Waals surface area contributed by atoms with E-state index in [2.05, 4.69) is 13.2 Å². The number of carbonyl (C=O) groups is 2. The first-order valence-electron chi connectivity index (χ1n) is 11.1. The lowest BCUT2D eigenvalue weighted by atomic mass is 9.95. The second-order valence-electron chi connectivity index (χ2n) is 8.01. The number of halogens is 1. The van der Waals surface area contributed by atoms with Crippen molar-refractivity contribution in [1.29, 1.82) is 0 Å². The summed E-state index contributed by atoms with van der Waals surface area (Å²) in [5.74, 6) is -1.09. The highest BCUT2D eigenvalue weighted by atomic mass is 19.1. The van der Waals surface area contributed by atoms with Crippen molar-refractivity contribution in [2.75, 3.05) is 6.61 Å². The summed E-state index contributed by atoms with van der Waals surface area (Å²) in [5.41, 5.74) is 4.24. The quantitative estimate of drug-likeness (QED) is 0.197. The Kier molecular flexibility index (Phi) is 8.34. The Labute approximate surface area is 204 Å². The van der Waals surface area contributed by atoms with Gasteiger partial charge in [-0.25, -0.2) is 14.0 Å². The summed E-state index contributed by atoms with van der Waals surface area (Å²) in [6.07, 6.45) is 0. The van der Waals surface area contributed by atoms with Crippen LogP contribution in [0.2, 0.25) is 0 Å². The predicted molar refractivity (Wildman–Crippen MR) is 133 cm³/mol. The van der Waals surface area contributed by atoms with Crippen LogP contribution in [-0.4, -0.2) is 18.5 Å². The van der Waals surface area contributed by atoms with Crippen molar-refractivity contribution >= 4 is 11.9 Å². The Morgan fingerprint density at radius 3 is 1.89 bits per heavy atom. The molecule has 0 atom stereocenters. The van der Waals surface area contributed by atoms with E-state index in [-0.39, 0.29) is 11.3 Å². The number of rotatable bonds is 9. The smallest absolute Gasteiger partial charge is 0.338 e. The van der Waals surface area contributed by atoms with Gasteiger partial charge in [0.15, 0.2) is 0 Å². The van der Waals surface area contributed by atoms with Gasteiger partial charge in [0.2, 0.25) is 0 Å². The van der Waals surface area contributed by atoms with E-state index in [9.17, 15) is 14.0 Å². The second kappa shape index (κ2) is 11.4. The molecule has 0 N–H and O–H groups in total. The minimum absolute atomic E-state index is 0.109. The van der Waals surface area contributed by atoms with E-state index < -0.39 is 17.8 Å². The lowest BCUT2D eigenvalue weighted by molar-refractivity contribution is -0.130. The van der Waals surface area contributed by atoms with E-state index in [4.69, 9.17) is 14.2 Å². The highest BCUT2D eigenvalue weighted by Gasteiger charge is 2.14. The van der Waals surface area contributed by atoms with Crippen LogP contribution in [0, 0.1) is 5.82 Å². The van der Waals surface area contributed by atoms with Gasteiger partial charge in [0.05, 0.1) is 6.61 Å². The van der Waals surface area contributed by atoms with E-state index in [1.54, 1.807) is 31.2 Å². The molecule has 0 aromatic heterocycles. The number of esters is 2. The normalized spacial score (nSPS) is 10.5. The molecule has 0 fully saturated rings. The molecule has 0 aliphatic rings. The van der Waals surface area contributed by atoms with Gasteiger partial charge in [-0.15, -0.1) is 0 Å². The molecule has 3 aromatic carbocycles. The average molecular weight is 475 g/mol. The van der Waals surface area contributed by atoms with Crippen LogP contribution < -0.4 is 9.47 Å². The Morgan fingerprint density at radius 2 is 1.31 bits per heavy atom. The maximum atomic E-state index is 14.9. The largest absolute Gasteiger partial charge is 0.423 e. The van der Waals surface area contributed by atoms with Crippen LogP contribution in [0.4, 0.5) is 4.39 Å². The molecule has 0 heterocycles. The van der Waals surface area contributed by atoms with Crippen molar-refractivity contribution in [1.82, 2.24) is 0 Å². The monoisotopic (exact) mass is 474 g/mol. The zero-order valence-corrected chi connectivity index (χ0v) is 20.0. The Hall–Kier alpha value is -4.03. The van der Waals surface area contributed by atoms with Gasteiger partial charge in [0.25, 0.3) is 0 Å². The summed E-state index contributed by atoms with van der Waals surface area (Å²) in [6, 6.07) is 17.0. The van der Waals surface area contributed by atoms with E-state index >= 15 is 0 Å². The summed E-state index contributed by atoms with van der Waals surface area (Å²) in [4.78, 5) is 23.5. The fourth-order valence-electron chi connectivity index (χ4n) is 3.26. The van der Waals surface area contributed by atoms with Crippen LogP contribution in [-0.2, 0) is 20.9 Å². The van der Waals surface area contributed by atoms with Crippen molar-refractivity contribution in [2.24, 2.45) is 0 Å². The van der Waals surface area contributed by atoms with Crippen LogP contribution >= 0.6 is 0 Å². The summed E-state index contributed by atoms with van der Waals surface area (Å²) < 4.78 is 30.9. The Morgan fingerprint density at radius 1 is 0.771 bits per heavy atom. The third kappa shape index (κ3) is 6.52. The minimum atomic E-state index is -0.610. The molecule has 0 aliphatic heterocycles. The SMILES string of the molecule is C=C(C)C(=O)Oc1ccc(-c2ccc(-c3ccc(OC(=O)C(=C)C)cc3F)cc2COCC)cc1. The molecule has 0 aliphatic carbocycles. The van der Waals surface area contributed by atoms with Gasteiger partial charge in [-0.05, 0) is 73.4 Å². The molecule has 0 unspecified atom stereocenters. The van der Waals surface area contributed by atoms with Crippen LogP contribution in [0.15, 0.2) is 85.0 Å². The second-order valence-corrected chi connectivity index (χ2v) is 8.01. The molecule has 3 aromatic rings. The first kappa shape index (κ1) is 25.6. The summed E-state index contributed by atoms with van der Waals surface area (Å²) in [7, 11) is 0. The maximum absolute atomic E-state index is 14.9. The molecule has 35 heavy (non-hydrogen) atoms. The molecule has 5 nitrogen and oxygen atoms in total. The molecule has 0 saturated carbocycles. The molecular weight excluding hydrogens is 447 g/mol. The predicted octanol–water partition coefficient (Wildman–Crippen LogP) is 6.66. The van der Waals surface area contributed by atoms with Gasteiger partial charge in [0.1, 0.15) is 17.3 Å². The fraction of sp³-hybridized carbons (Fsp3) is 0.172. The molecule has 0 amide bonds. The molecule has 0 bridgehead atoms. The number of hydrogen-bond donors (Lipinski definition) is 0. The van der Waals surface area contributed by atoms with E-state index in [0.29, 0.717) is 35.7 Å². The van der Waals surface area contributed by atoms with Crippen molar-refractivity contribution in [3.05, 3.63) is 96.3 Å². The zero-order chi connectivity index (χ0) is 25.5.